The van der Waals surface area contributed by atoms with Crippen LogP contribution in [0.25, 0.3) is 0 Å². The minimum absolute atomic E-state index is 0.149. The van der Waals surface area contributed by atoms with Crippen molar-refractivity contribution in [2.45, 2.75) is 20.5 Å². The summed E-state index contributed by atoms with van der Waals surface area (Å²) in [5.74, 6) is -0.644. The Balaban J connectivity index is 2.16. The van der Waals surface area contributed by atoms with Crippen LogP contribution in [-0.2, 0) is 6.61 Å². The van der Waals surface area contributed by atoms with Crippen LogP contribution in [0.1, 0.15) is 16.7 Å². The van der Waals surface area contributed by atoms with Crippen LogP contribution in [0, 0.1) is 25.5 Å². The third kappa shape index (κ3) is 3.02. The van der Waals surface area contributed by atoms with Crippen LogP contribution >= 0.6 is 0 Å². The molecule has 2 aromatic carbocycles. The first-order valence-electron chi connectivity index (χ1n) is 5.91. The van der Waals surface area contributed by atoms with E-state index in [1.165, 1.54) is 18.2 Å². The fourth-order valence-corrected chi connectivity index (χ4v) is 1.76. The lowest BCUT2D eigenvalue weighted by atomic mass is 10.1. The smallest absolute Gasteiger partial charge is 0.167 e. The Morgan fingerprint density at radius 1 is 1.05 bits per heavy atom. The first kappa shape index (κ1) is 13.3. The van der Waals surface area contributed by atoms with Crippen molar-refractivity contribution in [2.24, 2.45) is 0 Å². The summed E-state index contributed by atoms with van der Waals surface area (Å²) in [5, 5.41) is 0. The predicted octanol–water partition coefficient (Wildman–Crippen LogP) is 3.74. The Kier molecular flexibility index (Phi) is 3.69. The highest BCUT2D eigenvalue weighted by Gasteiger charge is 2.08. The number of aryl methyl sites for hydroxylation is 2. The SMILES string of the molecule is Cc1cc(OCc2ccc(F)cc2C)c(F)cc1N. The van der Waals surface area contributed by atoms with Crippen LogP contribution in [0.2, 0.25) is 0 Å². The summed E-state index contributed by atoms with van der Waals surface area (Å²) in [7, 11) is 0. The molecule has 0 atom stereocenters. The normalized spacial score (nSPS) is 10.5. The average Bonchev–Trinajstić information content (AvgIpc) is 2.34. The van der Waals surface area contributed by atoms with E-state index in [0.717, 1.165) is 16.7 Å². The van der Waals surface area contributed by atoms with E-state index in [-0.39, 0.29) is 18.2 Å². The number of halogens is 2. The van der Waals surface area contributed by atoms with Gasteiger partial charge in [-0.1, -0.05) is 6.07 Å². The highest BCUT2D eigenvalue weighted by atomic mass is 19.1. The zero-order valence-corrected chi connectivity index (χ0v) is 10.8. The lowest BCUT2D eigenvalue weighted by Crippen LogP contribution is -2.01. The molecule has 0 aliphatic rings. The van der Waals surface area contributed by atoms with E-state index in [4.69, 9.17) is 10.5 Å². The molecular weight excluding hydrogens is 248 g/mol. The molecular formula is C15H15F2NO. The van der Waals surface area contributed by atoms with E-state index >= 15 is 0 Å². The fourth-order valence-electron chi connectivity index (χ4n) is 1.76. The van der Waals surface area contributed by atoms with Gasteiger partial charge in [0.05, 0.1) is 0 Å². The Morgan fingerprint density at radius 2 is 1.79 bits per heavy atom. The number of nitrogens with two attached hydrogens (primary N) is 1. The molecule has 2 N–H and O–H groups in total. The van der Waals surface area contributed by atoms with Gasteiger partial charge < -0.3 is 10.5 Å². The van der Waals surface area contributed by atoms with Gasteiger partial charge in [0.25, 0.3) is 0 Å². The second-order valence-electron chi connectivity index (χ2n) is 4.50. The number of ether oxygens (including phenoxy) is 1. The third-order valence-electron chi connectivity index (χ3n) is 3.01. The second kappa shape index (κ2) is 5.26. The molecule has 0 heterocycles. The van der Waals surface area contributed by atoms with Crippen LogP contribution < -0.4 is 10.5 Å². The summed E-state index contributed by atoms with van der Waals surface area (Å²) in [4.78, 5) is 0. The van der Waals surface area contributed by atoms with Crippen LogP contribution in [0.4, 0.5) is 14.5 Å². The molecule has 0 saturated carbocycles. The van der Waals surface area contributed by atoms with E-state index in [1.54, 1.807) is 26.0 Å². The summed E-state index contributed by atoms with van der Waals surface area (Å²) < 4.78 is 32.0. The molecule has 0 aromatic heterocycles. The second-order valence-corrected chi connectivity index (χ2v) is 4.50. The number of hydrogen-bond acceptors (Lipinski definition) is 2. The molecule has 0 bridgehead atoms. The zero-order chi connectivity index (χ0) is 14.0. The first-order valence-corrected chi connectivity index (χ1v) is 5.91. The van der Waals surface area contributed by atoms with Gasteiger partial charge in [0, 0.05) is 11.8 Å². The summed E-state index contributed by atoms with van der Waals surface area (Å²) in [5.41, 5.74) is 8.33. The summed E-state index contributed by atoms with van der Waals surface area (Å²) in [6.07, 6.45) is 0. The predicted molar refractivity (Wildman–Crippen MR) is 71.0 cm³/mol. The molecule has 0 fully saturated rings. The number of rotatable bonds is 3. The minimum atomic E-state index is -0.497. The van der Waals surface area contributed by atoms with Gasteiger partial charge in [-0.05, 0) is 48.7 Å². The van der Waals surface area contributed by atoms with Crippen LogP contribution in [0.3, 0.4) is 0 Å². The molecule has 19 heavy (non-hydrogen) atoms. The largest absolute Gasteiger partial charge is 0.486 e. The van der Waals surface area contributed by atoms with Crippen molar-refractivity contribution < 1.29 is 13.5 Å². The van der Waals surface area contributed by atoms with E-state index in [1.807, 2.05) is 0 Å². The highest BCUT2D eigenvalue weighted by Crippen LogP contribution is 2.24. The molecule has 2 nitrogen and oxygen atoms in total. The van der Waals surface area contributed by atoms with Crippen molar-refractivity contribution in [1.82, 2.24) is 0 Å². The number of nitrogen functional groups attached to an aromatic ring is 1. The Bertz CT molecular complexity index is 611. The maximum absolute atomic E-state index is 13.6. The van der Waals surface area contributed by atoms with Gasteiger partial charge in [-0.15, -0.1) is 0 Å². The van der Waals surface area contributed by atoms with Gasteiger partial charge in [0.15, 0.2) is 11.6 Å². The number of benzene rings is 2. The fraction of sp³-hybridized carbons (Fsp3) is 0.200. The van der Waals surface area contributed by atoms with E-state index in [2.05, 4.69) is 0 Å². The quantitative estimate of drug-likeness (QED) is 0.856. The highest BCUT2D eigenvalue weighted by molar-refractivity contribution is 5.50. The molecule has 0 radical (unpaired) electrons. The number of hydrogen-bond donors (Lipinski definition) is 1. The molecule has 0 aliphatic heterocycles. The molecule has 0 saturated heterocycles. The van der Waals surface area contributed by atoms with E-state index in [9.17, 15) is 8.78 Å². The third-order valence-corrected chi connectivity index (χ3v) is 3.01. The minimum Gasteiger partial charge on any atom is -0.486 e. The van der Waals surface area contributed by atoms with Crippen molar-refractivity contribution in [3.05, 3.63) is 58.7 Å². The number of anilines is 1. The summed E-state index contributed by atoms with van der Waals surface area (Å²) in [6, 6.07) is 7.21. The Hall–Kier alpha value is -2.10. The lowest BCUT2D eigenvalue weighted by Gasteiger charge is -2.11. The maximum atomic E-state index is 13.6. The van der Waals surface area contributed by atoms with Crippen molar-refractivity contribution >= 4 is 5.69 Å². The lowest BCUT2D eigenvalue weighted by molar-refractivity contribution is 0.289. The molecule has 2 aromatic rings. The van der Waals surface area contributed by atoms with Crippen LogP contribution in [0.15, 0.2) is 30.3 Å². The molecule has 4 heteroatoms. The van der Waals surface area contributed by atoms with Gasteiger partial charge in [0.1, 0.15) is 12.4 Å². The molecule has 0 spiro atoms. The topological polar surface area (TPSA) is 35.2 Å². The molecule has 0 unspecified atom stereocenters. The molecule has 0 amide bonds. The monoisotopic (exact) mass is 263 g/mol. The van der Waals surface area contributed by atoms with Crippen LogP contribution in [0.5, 0.6) is 5.75 Å². The maximum Gasteiger partial charge on any atom is 0.167 e. The van der Waals surface area contributed by atoms with E-state index < -0.39 is 5.82 Å². The average molecular weight is 263 g/mol. The summed E-state index contributed by atoms with van der Waals surface area (Å²) in [6.45, 7) is 3.75. The first-order chi connectivity index (χ1) is 8.97. The summed E-state index contributed by atoms with van der Waals surface area (Å²) >= 11 is 0. The zero-order valence-electron chi connectivity index (χ0n) is 10.8. The Morgan fingerprint density at radius 3 is 2.47 bits per heavy atom. The van der Waals surface area contributed by atoms with Crippen molar-refractivity contribution in [2.75, 3.05) is 5.73 Å². The van der Waals surface area contributed by atoms with Crippen molar-refractivity contribution in [3.8, 4) is 5.75 Å². The van der Waals surface area contributed by atoms with Crippen LogP contribution in [-0.4, -0.2) is 0 Å². The van der Waals surface area contributed by atoms with Gasteiger partial charge in [0.2, 0.25) is 0 Å². The molecule has 0 aliphatic carbocycles. The van der Waals surface area contributed by atoms with Crippen molar-refractivity contribution in [1.29, 1.82) is 0 Å². The van der Waals surface area contributed by atoms with E-state index in [0.29, 0.717) is 5.69 Å². The Labute approximate surface area is 110 Å². The van der Waals surface area contributed by atoms with Gasteiger partial charge in [-0.3, -0.25) is 0 Å². The molecule has 100 valence electrons. The van der Waals surface area contributed by atoms with Crippen molar-refractivity contribution in [3.63, 3.8) is 0 Å². The van der Waals surface area contributed by atoms with Gasteiger partial charge in [-0.2, -0.15) is 0 Å². The standard InChI is InChI=1S/C15H15F2NO/c1-9-5-12(16)4-3-11(9)8-19-15-6-10(2)14(18)7-13(15)17/h3-7H,8,18H2,1-2H3. The van der Waals surface area contributed by atoms with Gasteiger partial charge >= 0.3 is 0 Å². The molecule has 2 rings (SSSR count). The van der Waals surface area contributed by atoms with Gasteiger partial charge in [-0.25, -0.2) is 8.78 Å².